The lowest BCUT2D eigenvalue weighted by Crippen LogP contribution is -2.28. The van der Waals surface area contributed by atoms with Crippen LogP contribution in [0.25, 0.3) is 0 Å². The number of hydrogen-bond acceptors (Lipinski definition) is 8. The van der Waals surface area contributed by atoms with Crippen LogP contribution in [0.5, 0.6) is 17.2 Å². The molecule has 0 amide bonds. The second kappa shape index (κ2) is 14.1. The van der Waals surface area contributed by atoms with Crippen LogP contribution < -0.4 is 19.1 Å². The number of Topliss-reactive ketones (excluding diaryl/α,β-unsaturated/α-hetero) is 2. The molecule has 45 heavy (non-hydrogen) atoms. The number of methoxy groups -OCH3 is 1. The van der Waals surface area contributed by atoms with Crippen LogP contribution in [0.15, 0.2) is 42.5 Å². The number of halogens is 2. The van der Waals surface area contributed by atoms with E-state index in [-0.39, 0.29) is 55.2 Å². The molecule has 3 aromatic rings. The SMILES string of the molecule is COc1cc(C(=O)CCC(=O)c2cc3c(c(C4CN(COCC[Si](C)(C)C)c5c(F)cccc54)n2)OCC3)ccc1OCCF. The summed E-state index contributed by atoms with van der Waals surface area (Å²) in [6, 6.07) is 12.4. The van der Waals surface area contributed by atoms with E-state index in [9.17, 15) is 14.0 Å². The fourth-order valence-corrected chi connectivity index (χ4v) is 6.43. The number of rotatable bonds is 15. The molecule has 0 radical (unpaired) electrons. The Morgan fingerprint density at radius 2 is 1.87 bits per heavy atom. The maximum absolute atomic E-state index is 15.2. The van der Waals surface area contributed by atoms with Crippen molar-refractivity contribution in [1.82, 2.24) is 4.98 Å². The number of anilines is 1. The Morgan fingerprint density at radius 1 is 1.07 bits per heavy atom. The van der Waals surface area contributed by atoms with Crippen LogP contribution in [0.2, 0.25) is 25.7 Å². The lowest BCUT2D eigenvalue weighted by molar-refractivity contribution is 0.0914. The number of carbonyl (C=O) groups is 2. The first-order valence-electron chi connectivity index (χ1n) is 15.3. The predicted molar refractivity (Wildman–Crippen MR) is 170 cm³/mol. The Balaban J connectivity index is 1.33. The Hall–Kier alpha value is -3.83. The molecule has 1 atom stereocenters. The largest absolute Gasteiger partial charge is 0.493 e. The average molecular weight is 639 g/mol. The van der Waals surface area contributed by atoms with Crippen molar-refractivity contribution < 1.29 is 37.3 Å². The van der Waals surface area contributed by atoms with E-state index < -0.39 is 14.7 Å². The lowest BCUT2D eigenvalue weighted by Gasteiger charge is -2.22. The normalized spacial score (nSPS) is 15.4. The number of fused-ring (bicyclic) bond motifs is 2. The Kier molecular flexibility index (Phi) is 10.2. The number of benzene rings is 2. The van der Waals surface area contributed by atoms with Gasteiger partial charge in [-0.2, -0.15) is 0 Å². The fraction of sp³-hybridized carbons (Fsp3) is 0.441. The van der Waals surface area contributed by atoms with Gasteiger partial charge >= 0.3 is 0 Å². The zero-order valence-electron chi connectivity index (χ0n) is 26.3. The van der Waals surface area contributed by atoms with Crippen molar-refractivity contribution in [2.24, 2.45) is 0 Å². The van der Waals surface area contributed by atoms with Gasteiger partial charge in [-0.3, -0.25) is 9.59 Å². The third-order valence-corrected chi connectivity index (χ3v) is 9.77. The molecule has 3 heterocycles. The van der Waals surface area contributed by atoms with Crippen molar-refractivity contribution >= 4 is 25.3 Å². The van der Waals surface area contributed by atoms with E-state index in [2.05, 4.69) is 19.6 Å². The molecular weight excluding hydrogens is 598 g/mol. The first-order chi connectivity index (χ1) is 21.6. The van der Waals surface area contributed by atoms with Gasteiger partial charge in [0.15, 0.2) is 23.1 Å². The van der Waals surface area contributed by atoms with Crippen molar-refractivity contribution in [2.75, 3.05) is 51.8 Å². The Morgan fingerprint density at radius 3 is 2.62 bits per heavy atom. The highest BCUT2D eigenvalue weighted by molar-refractivity contribution is 6.76. The van der Waals surface area contributed by atoms with Crippen LogP contribution in [0.1, 0.15) is 56.4 Å². The summed E-state index contributed by atoms with van der Waals surface area (Å²) in [6.07, 6.45) is 0.560. The summed E-state index contributed by atoms with van der Waals surface area (Å²) in [4.78, 5) is 33.1. The summed E-state index contributed by atoms with van der Waals surface area (Å²) in [6.45, 7) is 7.88. The number of ether oxygens (including phenoxy) is 4. The molecule has 1 unspecified atom stereocenters. The molecule has 0 fully saturated rings. The Labute approximate surface area is 263 Å². The van der Waals surface area contributed by atoms with E-state index in [4.69, 9.17) is 23.9 Å². The molecule has 2 aromatic carbocycles. The second-order valence-corrected chi connectivity index (χ2v) is 18.2. The highest BCUT2D eigenvalue weighted by Crippen LogP contribution is 2.45. The number of alkyl halides is 1. The van der Waals surface area contributed by atoms with E-state index in [1.807, 2.05) is 11.0 Å². The van der Waals surface area contributed by atoms with Gasteiger partial charge in [0, 0.05) is 57.5 Å². The van der Waals surface area contributed by atoms with Crippen molar-refractivity contribution in [3.63, 3.8) is 0 Å². The smallest absolute Gasteiger partial charge is 0.181 e. The monoisotopic (exact) mass is 638 g/mol. The molecule has 8 nitrogen and oxygen atoms in total. The molecule has 0 N–H and O–H groups in total. The molecule has 0 bridgehead atoms. The van der Waals surface area contributed by atoms with E-state index >= 15 is 4.39 Å². The van der Waals surface area contributed by atoms with Crippen LogP contribution in [0.4, 0.5) is 14.5 Å². The molecule has 1 aromatic heterocycles. The number of nitrogens with zero attached hydrogens (tertiary/aromatic N) is 2. The zero-order chi connectivity index (χ0) is 32.1. The highest BCUT2D eigenvalue weighted by Gasteiger charge is 2.37. The van der Waals surface area contributed by atoms with Gasteiger partial charge < -0.3 is 23.8 Å². The van der Waals surface area contributed by atoms with Crippen molar-refractivity contribution in [2.45, 2.75) is 50.9 Å². The molecular formula is C34H40F2N2O6Si. The standard InChI is InChI=1S/C34H40F2N2O6Si/c1-41-31-19-22(8-11-30(31)43-15-13-35)28(39)9-10-29(40)27-18-23-12-14-44-34(23)32(37-27)25-20-38(21-42-16-17-45(2,3)4)33-24(25)6-5-7-26(33)36/h5-8,11,18-19,25H,9-10,12-17,20-21H2,1-4H3. The van der Waals surface area contributed by atoms with Gasteiger partial charge in [-0.15, -0.1) is 0 Å². The number of pyridine rings is 1. The van der Waals surface area contributed by atoms with Crippen molar-refractivity contribution in [3.05, 3.63) is 76.4 Å². The first-order valence-corrected chi connectivity index (χ1v) is 19.0. The zero-order valence-corrected chi connectivity index (χ0v) is 27.3. The number of carbonyl (C=O) groups excluding carboxylic acids is 2. The van der Waals surface area contributed by atoms with Crippen molar-refractivity contribution in [3.8, 4) is 17.2 Å². The summed E-state index contributed by atoms with van der Waals surface area (Å²) >= 11 is 0. The molecule has 0 aliphatic carbocycles. The molecule has 5 rings (SSSR count). The van der Waals surface area contributed by atoms with Crippen LogP contribution in [0.3, 0.4) is 0 Å². The second-order valence-electron chi connectivity index (χ2n) is 12.5. The van der Waals surface area contributed by atoms with Gasteiger partial charge in [-0.25, -0.2) is 13.8 Å². The van der Waals surface area contributed by atoms with E-state index in [0.717, 1.165) is 17.2 Å². The summed E-state index contributed by atoms with van der Waals surface area (Å²) in [5, 5.41) is 0. The first kappa shape index (κ1) is 32.6. The summed E-state index contributed by atoms with van der Waals surface area (Å²) in [5.41, 5.74) is 3.37. The average Bonchev–Trinajstić information content (AvgIpc) is 3.65. The molecule has 2 aliphatic rings. The minimum Gasteiger partial charge on any atom is -0.493 e. The van der Waals surface area contributed by atoms with Gasteiger partial charge in [0.1, 0.15) is 37.3 Å². The van der Waals surface area contributed by atoms with Crippen LogP contribution >= 0.6 is 0 Å². The molecule has 2 aliphatic heterocycles. The van der Waals surface area contributed by atoms with E-state index in [1.165, 1.54) is 19.2 Å². The predicted octanol–water partition coefficient (Wildman–Crippen LogP) is 6.62. The molecule has 0 spiro atoms. The number of aromatic nitrogens is 1. The molecule has 0 saturated heterocycles. The molecule has 0 saturated carbocycles. The third kappa shape index (κ3) is 7.53. The van der Waals surface area contributed by atoms with Crippen LogP contribution in [-0.2, 0) is 11.2 Å². The molecule has 11 heteroatoms. The van der Waals surface area contributed by atoms with Gasteiger partial charge in [0.25, 0.3) is 0 Å². The van der Waals surface area contributed by atoms with Gasteiger partial charge in [0.2, 0.25) is 0 Å². The van der Waals surface area contributed by atoms with Gasteiger partial charge in [0.05, 0.1) is 25.1 Å². The minimum atomic E-state index is -1.28. The number of hydrogen-bond donors (Lipinski definition) is 0. The number of ketones is 2. The van der Waals surface area contributed by atoms with Crippen LogP contribution in [0, 0.1) is 5.82 Å². The quantitative estimate of drug-likeness (QED) is 0.104. The van der Waals surface area contributed by atoms with Crippen LogP contribution in [-0.4, -0.2) is 71.5 Å². The summed E-state index contributed by atoms with van der Waals surface area (Å²) in [5.74, 6) is 0.145. The van der Waals surface area contributed by atoms with E-state index in [0.29, 0.717) is 60.4 Å². The maximum Gasteiger partial charge on any atom is 0.181 e. The van der Waals surface area contributed by atoms with Gasteiger partial charge in [-0.05, 0) is 41.9 Å². The number of para-hydroxylation sites is 1. The molecule has 240 valence electrons. The summed E-state index contributed by atoms with van der Waals surface area (Å²) < 4.78 is 50.3. The lowest BCUT2D eigenvalue weighted by atomic mass is 9.94. The topological polar surface area (TPSA) is 87.2 Å². The summed E-state index contributed by atoms with van der Waals surface area (Å²) in [7, 11) is 0.163. The fourth-order valence-electron chi connectivity index (χ4n) is 5.67. The minimum absolute atomic E-state index is 0.0305. The third-order valence-electron chi connectivity index (χ3n) is 8.07. The van der Waals surface area contributed by atoms with Crippen molar-refractivity contribution in [1.29, 1.82) is 0 Å². The Bertz CT molecular complexity index is 1560. The van der Waals surface area contributed by atoms with Gasteiger partial charge in [-0.1, -0.05) is 31.8 Å². The highest BCUT2D eigenvalue weighted by atomic mass is 28.3. The maximum atomic E-state index is 15.2. The van der Waals surface area contributed by atoms with E-state index in [1.54, 1.807) is 24.3 Å².